The SMILES string of the molecule is COC(C)(C)Cc1ccc(C2(N)CCCC2)cc1. The zero-order chi connectivity index (χ0) is 13.2. The van der Waals surface area contributed by atoms with Gasteiger partial charge in [-0.3, -0.25) is 0 Å². The fourth-order valence-electron chi connectivity index (χ4n) is 2.81. The molecule has 2 rings (SSSR count). The monoisotopic (exact) mass is 247 g/mol. The molecule has 1 saturated carbocycles. The molecule has 1 aliphatic carbocycles. The molecule has 18 heavy (non-hydrogen) atoms. The van der Waals surface area contributed by atoms with Gasteiger partial charge in [0.2, 0.25) is 0 Å². The largest absolute Gasteiger partial charge is 0.378 e. The Morgan fingerprint density at radius 1 is 1.17 bits per heavy atom. The summed E-state index contributed by atoms with van der Waals surface area (Å²) in [6.45, 7) is 4.23. The molecule has 0 aliphatic heterocycles. The van der Waals surface area contributed by atoms with E-state index in [-0.39, 0.29) is 11.1 Å². The third-order valence-corrected chi connectivity index (χ3v) is 4.21. The molecule has 1 aliphatic rings. The smallest absolute Gasteiger partial charge is 0.0662 e. The van der Waals surface area contributed by atoms with Crippen molar-refractivity contribution in [2.45, 2.75) is 57.1 Å². The third kappa shape index (κ3) is 2.93. The standard InChI is InChI=1S/C16H25NO/c1-15(2,18-3)12-13-6-8-14(9-7-13)16(17)10-4-5-11-16/h6-9H,4-5,10-12,17H2,1-3H3. The van der Waals surface area contributed by atoms with Crippen molar-refractivity contribution in [3.05, 3.63) is 35.4 Å². The summed E-state index contributed by atoms with van der Waals surface area (Å²) in [7, 11) is 1.77. The topological polar surface area (TPSA) is 35.2 Å². The molecule has 0 aromatic heterocycles. The molecule has 0 amide bonds. The fourth-order valence-corrected chi connectivity index (χ4v) is 2.81. The average molecular weight is 247 g/mol. The number of methoxy groups -OCH3 is 1. The summed E-state index contributed by atoms with van der Waals surface area (Å²) in [5.41, 5.74) is 8.89. The van der Waals surface area contributed by atoms with Crippen LogP contribution in [0.1, 0.15) is 50.7 Å². The lowest BCUT2D eigenvalue weighted by Crippen LogP contribution is -2.33. The average Bonchev–Trinajstić information content (AvgIpc) is 2.78. The van der Waals surface area contributed by atoms with Crippen molar-refractivity contribution in [3.8, 4) is 0 Å². The zero-order valence-corrected chi connectivity index (χ0v) is 11.8. The predicted molar refractivity (Wildman–Crippen MR) is 75.6 cm³/mol. The zero-order valence-electron chi connectivity index (χ0n) is 11.8. The first-order chi connectivity index (χ1) is 8.45. The van der Waals surface area contributed by atoms with Crippen molar-refractivity contribution in [2.24, 2.45) is 5.73 Å². The van der Waals surface area contributed by atoms with Gasteiger partial charge in [-0.2, -0.15) is 0 Å². The minimum Gasteiger partial charge on any atom is -0.378 e. The minimum atomic E-state index is -0.102. The van der Waals surface area contributed by atoms with Crippen LogP contribution in [0.5, 0.6) is 0 Å². The lowest BCUT2D eigenvalue weighted by atomic mass is 9.88. The number of rotatable bonds is 4. The molecule has 0 heterocycles. The van der Waals surface area contributed by atoms with E-state index < -0.39 is 0 Å². The van der Waals surface area contributed by atoms with Crippen LogP contribution in [-0.2, 0) is 16.7 Å². The number of ether oxygens (including phenoxy) is 1. The summed E-state index contributed by atoms with van der Waals surface area (Å²) in [6, 6.07) is 8.80. The fraction of sp³-hybridized carbons (Fsp3) is 0.625. The summed E-state index contributed by atoms with van der Waals surface area (Å²) >= 11 is 0. The van der Waals surface area contributed by atoms with Crippen molar-refractivity contribution in [1.29, 1.82) is 0 Å². The lowest BCUT2D eigenvalue weighted by Gasteiger charge is -2.26. The van der Waals surface area contributed by atoms with Gasteiger partial charge in [0.15, 0.2) is 0 Å². The van der Waals surface area contributed by atoms with E-state index >= 15 is 0 Å². The summed E-state index contributed by atoms with van der Waals surface area (Å²) in [4.78, 5) is 0. The summed E-state index contributed by atoms with van der Waals surface area (Å²) in [6.07, 6.45) is 5.69. The molecule has 100 valence electrons. The van der Waals surface area contributed by atoms with Gasteiger partial charge >= 0.3 is 0 Å². The van der Waals surface area contributed by atoms with E-state index in [1.54, 1.807) is 7.11 Å². The van der Waals surface area contributed by atoms with Crippen molar-refractivity contribution < 1.29 is 4.74 Å². The van der Waals surface area contributed by atoms with Gasteiger partial charge in [-0.05, 0) is 37.8 Å². The summed E-state index contributed by atoms with van der Waals surface area (Å²) in [5, 5.41) is 0. The molecule has 1 aromatic carbocycles. The Balaban J connectivity index is 2.10. The second-order valence-electron chi connectivity index (χ2n) is 6.20. The predicted octanol–water partition coefficient (Wildman–Crippen LogP) is 3.38. The van der Waals surface area contributed by atoms with E-state index in [1.807, 2.05) is 0 Å². The van der Waals surface area contributed by atoms with E-state index in [4.69, 9.17) is 10.5 Å². The molecule has 2 heteroatoms. The van der Waals surface area contributed by atoms with E-state index in [1.165, 1.54) is 24.0 Å². The highest BCUT2D eigenvalue weighted by Gasteiger charge is 2.31. The first-order valence-corrected chi connectivity index (χ1v) is 6.89. The van der Waals surface area contributed by atoms with Gasteiger partial charge < -0.3 is 10.5 Å². The lowest BCUT2D eigenvalue weighted by molar-refractivity contribution is 0.0232. The highest BCUT2D eigenvalue weighted by Crippen LogP contribution is 2.36. The quantitative estimate of drug-likeness (QED) is 0.885. The Morgan fingerprint density at radius 3 is 2.22 bits per heavy atom. The van der Waals surface area contributed by atoms with Gasteiger partial charge in [0.25, 0.3) is 0 Å². The van der Waals surface area contributed by atoms with Crippen LogP contribution in [0.25, 0.3) is 0 Å². The molecule has 2 N–H and O–H groups in total. The van der Waals surface area contributed by atoms with Crippen molar-refractivity contribution in [2.75, 3.05) is 7.11 Å². The maximum Gasteiger partial charge on any atom is 0.0662 e. The van der Waals surface area contributed by atoms with Gasteiger partial charge in [0, 0.05) is 19.1 Å². The molecule has 0 saturated heterocycles. The Bertz CT molecular complexity index is 388. The van der Waals surface area contributed by atoms with Crippen molar-refractivity contribution in [1.82, 2.24) is 0 Å². The molecule has 0 atom stereocenters. The van der Waals surface area contributed by atoms with Gasteiger partial charge in [0.1, 0.15) is 0 Å². The maximum absolute atomic E-state index is 6.46. The molecule has 2 nitrogen and oxygen atoms in total. The van der Waals surface area contributed by atoms with Crippen LogP contribution in [0.2, 0.25) is 0 Å². The Hall–Kier alpha value is -0.860. The van der Waals surface area contributed by atoms with Crippen LogP contribution in [0.4, 0.5) is 0 Å². The second kappa shape index (κ2) is 5.02. The number of hydrogen-bond donors (Lipinski definition) is 1. The van der Waals surface area contributed by atoms with E-state index in [2.05, 4.69) is 38.1 Å². The molecular weight excluding hydrogens is 222 g/mol. The number of nitrogens with two attached hydrogens (primary N) is 1. The van der Waals surface area contributed by atoms with Gasteiger partial charge in [-0.1, -0.05) is 37.1 Å². The first kappa shape index (κ1) is 13.6. The minimum absolute atomic E-state index is 0.0741. The number of hydrogen-bond acceptors (Lipinski definition) is 2. The number of benzene rings is 1. The van der Waals surface area contributed by atoms with Crippen LogP contribution >= 0.6 is 0 Å². The molecule has 0 spiro atoms. The van der Waals surface area contributed by atoms with Crippen LogP contribution in [0, 0.1) is 0 Å². The Morgan fingerprint density at radius 2 is 1.72 bits per heavy atom. The van der Waals surface area contributed by atoms with E-state index in [9.17, 15) is 0 Å². The highest BCUT2D eigenvalue weighted by molar-refractivity contribution is 5.29. The third-order valence-electron chi connectivity index (χ3n) is 4.21. The van der Waals surface area contributed by atoms with Crippen molar-refractivity contribution >= 4 is 0 Å². The van der Waals surface area contributed by atoms with Crippen LogP contribution in [0.3, 0.4) is 0 Å². The van der Waals surface area contributed by atoms with E-state index in [0.29, 0.717) is 0 Å². The first-order valence-electron chi connectivity index (χ1n) is 6.89. The van der Waals surface area contributed by atoms with Crippen LogP contribution in [-0.4, -0.2) is 12.7 Å². The maximum atomic E-state index is 6.46. The summed E-state index contributed by atoms with van der Waals surface area (Å²) in [5.74, 6) is 0. The Labute approximate surface area is 111 Å². The molecule has 0 radical (unpaired) electrons. The molecule has 0 unspecified atom stereocenters. The van der Waals surface area contributed by atoms with Gasteiger partial charge in [-0.15, -0.1) is 0 Å². The highest BCUT2D eigenvalue weighted by atomic mass is 16.5. The van der Waals surface area contributed by atoms with Crippen LogP contribution in [0.15, 0.2) is 24.3 Å². The molecule has 1 fully saturated rings. The molecule has 1 aromatic rings. The second-order valence-corrected chi connectivity index (χ2v) is 6.20. The van der Waals surface area contributed by atoms with Gasteiger partial charge in [0.05, 0.1) is 5.60 Å². The van der Waals surface area contributed by atoms with Gasteiger partial charge in [-0.25, -0.2) is 0 Å². The summed E-state index contributed by atoms with van der Waals surface area (Å²) < 4.78 is 5.47. The van der Waals surface area contributed by atoms with E-state index in [0.717, 1.165) is 19.3 Å². The van der Waals surface area contributed by atoms with Crippen molar-refractivity contribution in [3.63, 3.8) is 0 Å². The van der Waals surface area contributed by atoms with Crippen LogP contribution < -0.4 is 5.73 Å². The molecule has 0 bridgehead atoms. The Kier molecular flexibility index (Phi) is 3.79. The normalized spacial score (nSPS) is 19.1. The molecular formula is C16H25NO.